The number of carboxylic acid groups (broad SMARTS) is 1. The summed E-state index contributed by atoms with van der Waals surface area (Å²) in [6.45, 7) is 6.03. The van der Waals surface area contributed by atoms with Gasteiger partial charge in [-0.2, -0.15) is 0 Å². The molecule has 1 atom stereocenters. The summed E-state index contributed by atoms with van der Waals surface area (Å²) in [5, 5.41) is 10.8. The lowest BCUT2D eigenvalue weighted by Gasteiger charge is -2.00. The van der Waals surface area contributed by atoms with E-state index in [-0.39, 0.29) is 5.91 Å². The third kappa shape index (κ3) is 13.5. The van der Waals surface area contributed by atoms with E-state index >= 15 is 0 Å². The molecule has 0 aliphatic rings. The molecule has 0 heterocycles. The number of aliphatic carboxylic acids is 1. The van der Waals surface area contributed by atoms with Gasteiger partial charge in [-0.05, 0) is 13.3 Å². The van der Waals surface area contributed by atoms with Crippen LogP contribution < -0.4 is 11.1 Å². The van der Waals surface area contributed by atoms with Gasteiger partial charge >= 0.3 is 5.97 Å². The number of carbonyl (C=O) groups is 2. The molecule has 5 heteroatoms. The fourth-order valence-corrected chi connectivity index (χ4v) is 0.683. The van der Waals surface area contributed by atoms with Crippen LogP contribution in [0, 0.1) is 0 Å². The van der Waals surface area contributed by atoms with E-state index < -0.39 is 12.0 Å². The molecule has 0 aliphatic heterocycles. The Hall–Kier alpha value is -1.10. The molecule has 5 nitrogen and oxygen atoms in total. The minimum Gasteiger partial charge on any atom is -0.480 e. The predicted molar refractivity (Wildman–Crippen MR) is 54.9 cm³/mol. The summed E-state index contributed by atoms with van der Waals surface area (Å²) < 4.78 is 0. The average Bonchev–Trinajstić information content (AvgIpc) is 2.05. The molecule has 0 aromatic heterocycles. The zero-order valence-electron chi connectivity index (χ0n) is 9.04. The number of carbonyl (C=O) groups excluding carboxylic acids is 1. The molecule has 0 spiro atoms. The second kappa shape index (κ2) is 9.98. The molecule has 0 bridgehead atoms. The molecule has 14 heavy (non-hydrogen) atoms. The highest BCUT2D eigenvalue weighted by Crippen LogP contribution is 1.91. The van der Waals surface area contributed by atoms with Crippen molar-refractivity contribution in [2.75, 3.05) is 6.54 Å². The molecule has 1 unspecified atom stereocenters. The topological polar surface area (TPSA) is 92.4 Å². The van der Waals surface area contributed by atoms with Crippen LogP contribution in [0.4, 0.5) is 0 Å². The number of carboxylic acids is 1. The molecule has 84 valence electrons. The minimum atomic E-state index is -0.910. The first kappa shape index (κ1) is 15.4. The summed E-state index contributed by atoms with van der Waals surface area (Å²) in [5.74, 6) is -0.871. The third-order valence-electron chi connectivity index (χ3n) is 1.34. The highest BCUT2D eigenvalue weighted by Gasteiger charge is 2.07. The van der Waals surface area contributed by atoms with Crippen LogP contribution in [0.1, 0.15) is 33.6 Å². The van der Waals surface area contributed by atoms with E-state index in [0.29, 0.717) is 6.42 Å². The first-order chi connectivity index (χ1) is 6.45. The number of hydrogen-bond acceptors (Lipinski definition) is 3. The van der Waals surface area contributed by atoms with Crippen LogP contribution in [-0.4, -0.2) is 29.6 Å². The van der Waals surface area contributed by atoms with Gasteiger partial charge in [0.2, 0.25) is 5.91 Å². The molecule has 0 rings (SSSR count). The number of amides is 1. The van der Waals surface area contributed by atoms with E-state index in [4.69, 9.17) is 10.8 Å². The second-order valence-corrected chi connectivity index (χ2v) is 2.82. The van der Waals surface area contributed by atoms with Crippen LogP contribution in [0.25, 0.3) is 0 Å². The fraction of sp³-hybridized carbons (Fsp3) is 0.778. The van der Waals surface area contributed by atoms with Crippen LogP contribution in [0.15, 0.2) is 0 Å². The molecule has 4 N–H and O–H groups in total. The molecule has 0 fully saturated rings. The number of nitrogens with one attached hydrogen (secondary N) is 1. The van der Waals surface area contributed by atoms with E-state index in [2.05, 4.69) is 5.32 Å². The van der Waals surface area contributed by atoms with Crippen molar-refractivity contribution in [3.8, 4) is 0 Å². The number of hydrogen-bond donors (Lipinski definition) is 3. The Morgan fingerprint density at radius 2 is 1.93 bits per heavy atom. The van der Waals surface area contributed by atoms with Crippen LogP contribution in [0.2, 0.25) is 0 Å². The lowest BCUT2D eigenvalue weighted by Crippen LogP contribution is -2.29. The monoisotopic (exact) mass is 204 g/mol. The zero-order valence-corrected chi connectivity index (χ0v) is 9.04. The lowest BCUT2D eigenvalue weighted by atomic mass is 10.2. The van der Waals surface area contributed by atoms with Crippen molar-refractivity contribution >= 4 is 11.9 Å². The molecule has 1 amide bonds. The lowest BCUT2D eigenvalue weighted by molar-refractivity contribution is -0.138. The third-order valence-corrected chi connectivity index (χ3v) is 1.34. The van der Waals surface area contributed by atoms with Crippen LogP contribution in [-0.2, 0) is 9.59 Å². The predicted octanol–water partition coefficient (Wildman–Crippen LogP) is 0.341. The van der Waals surface area contributed by atoms with E-state index in [1.54, 1.807) is 0 Å². The van der Waals surface area contributed by atoms with Crippen molar-refractivity contribution in [2.24, 2.45) is 5.73 Å². The maximum atomic E-state index is 9.96. The zero-order chi connectivity index (χ0) is 11.6. The van der Waals surface area contributed by atoms with Crippen LogP contribution in [0.3, 0.4) is 0 Å². The molecule has 0 saturated carbocycles. The van der Waals surface area contributed by atoms with Crippen molar-refractivity contribution in [3.05, 3.63) is 0 Å². The summed E-state index contributed by atoms with van der Waals surface area (Å²) in [7, 11) is 0. The normalized spacial score (nSPS) is 10.9. The molecule has 0 aromatic carbocycles. The van der Waals surface area contributed by atoms with E-state index in [1.807, 2.05) is 13.8 Å². The molecular formula is C9H20N2O3. The highest BCUT2D eigenvalue weighted by molar-refractivity contribution is 5.73. The van der Waals surface area contributed by atoms with E-state index in [0.717, 1.165) is 13.0 Å². The Labute approximate surface area is 84.7 Å². The Morgan fingerprint density at radius 3 is 2.00 bits per heavy atom. The minimum absolute atomic E-state index is 0.0394. The van der Waals surface area contributed by atoms with Crippen molar-refractivity contribution in [1.29, 1.82) is 0 Å². The van der Waals surface area contributed by atoms with E-state index in [9.17, 15) is 9.59 Å². The van der Waals surface area contributed by atoms with Crippen molar-refractivity contribution in [2.45, 2.75) is 39.7 Å². The maximum Gasteiger partial charge on any atom is 0.320 e. The quantitative estimate of drug-likeness (QED) is 0.615. The van der Waals surface area contributed by atoms with Gasteiger partial charge < -0.3 is 16.2 Å². The Morgan fingerprint density at radius 1 is 1.43 bits per heavy atom. The summed E-state index contributed by atoms with van der Waals surface area (Å²) in [5.41, 5.74) is 5.13. The van der Waals surface area contributed by atoms with Gasteiger partial charge in [0.25, 0.3) is 0 Å². The van der Waals surface area contributed by atoms with Gasteiger partial charge in [-0.3, -0.25) is 9.59 Å². The Bertz CT molecular complexity index is 171. The molecule has 0 radical (unpaired) electrons. The van der Waals surface area contributed by atoms with Crippen molar-refractivity contribution in [3.63, 3.8) is 0 Å². The number of rotatable bonds is 4. The molecule has 0 saturated heterocycles. The average molecular weight is 204 g/mol. The first-order valence-electron chi connectivity index (χ1n) is 4.68. The van der Waals surface area contributed by atoms with Crippen LogP contribution in [0.5, 0.6) is 0 Å². The summed E-state index contributed by atoms with van der Waals surface area (Å²) in [4.78, 5) is 19.9. The molecule has 0 aromatic rings. The summed E-state index contributed by atoms with van der Waals surface area (Å²) >= 11 is 0. The Kier molecular flexibility index (Phi) is 11.0. The van der Waals surface area contributed by atoms with E-state index in [1.165, 1.54) is 6.92 Å². The maximum absolute atomic E-state index is 9.96. The van der Waals surface area contributed by atoms with Gasteiger partial charge in [0.05, 0.1) is 0 Å². The van der Waals surface area contributed by atoms with Crippen molar-refractivity contribution < 1.29 is 14.7 Å². The smallest absolute Gasteiger partial charge is 0.320 e. The molecular weight excluding hydrogens is 184 g/mol. The van der Waals surface area contributed by atoms with Gasteiger partial charge in [-0.25, -0.2) is 0 Å². The Balaban J connectivity index is 0. The van der Waals surface area contributed by atoms with Gasteiger partial charge in [0.15, 0.2) is 0 Å². The standard InChI is InChI=1S/C5H11NO2.C4H9NO/c1-2-3-4(6)5(7)8;1-3-5-4(2)6/h4H,2-3,6H2,1H3,(H,7,8);3H2,1-2H3,(H,5,6). The van der Waals surface area contributed by atoms with Gasteiger partial charge in [0, 0.05) is 13.5 Å². The van der Waals surface area contributed by atoms with Gasteiger partial charge in [-0.1, -0.05) is 13.3 Å². The second-order valence-electron chi connectivity index (χ2n) is 2.82. The first-order valence-corrected chi connectivity index (χ1v) is 4.68. The SMILES string of the molecule is CCCC(N)C(=O)O.CCNC(C)=O. The summed E-state index contributed by atoms with van der Waals surface area (Å²) in [6.07, 6.45) is 1.39. The van der Waals surface area contributed by atoms with Gasteiger partial charge in [-0.15, -0.1) is 0 Å². The summed E-state index contributed by atoms with van der Waals surface area (Å²) in [6, 6.07) is -0.667. The molecule has 0 aliphatic carbocycles. The number of nitrogens with two attached hydrogens (primary N) is 1. The van der Waals surface area contributed by atoms with Crippen molar-refractivity contribution in [1.82, 2.24) is 5.32 Å². The van der Waals surface area contributed by atoms with Gasteiger partial charge in [0.1, 0.15) is 6.04 Å². The largest absolute Gasteiger partial charge is 0.480 e. The van der Waals surface area contributed by atoms with Crippen LogP contribution >= 0.6 is 0 Å². The highest BCUT2D eigenvalue weighted by atomic mass is 16.4. The fourth-order valence-electron chi connectivity index (χ4n) is 0.683.